The number of benzene rings is 3. The summed E-state index contributed by atoms with van der Waals surface area (Å²) in [5, 5.41) is 2.70. The number of carbonyl (C=O) groups is 2. The number of amides is 2. The maximum atomic E-state index is 12.9. The monoisotopic (exact) mass is 358 g/mol. The summed E-state index contributed by atoms with van der Waals surface area (Å²) in [5.41, 5.74) is 3.42. The summed E-state index contributed by atoms with van der Waals surface area (Å²) in [6, 6.07) is 26.4. The van der Waals surface area contributed by atoms with Crippen molar-refractivity contribution in [3.63, 3.8) is 0 Å². The molecular weight excluding hydrogens is 336 g/mol. The van der Waals surface area contributed by atoms with Crippen molar-refractivity contribution >= 4 is 23.2 Å². The van der Waals surface area contributed by atoms with E-state index in [2.05, 4.69) is 12.2 Å². The average Bonchev–Trinajstić information content (AvgIpc) is 2.73. The molecule has 0 aliphatic carbocycles. The van der Waals surface area contributed by atoms with Gasteiger partial charge in [0, 0.05) is 11.4 Å². The molecule has 3 rings (SSSR count). The van der Waals surface area contributed by atoms with Crippen LogP contribution in [0.5, 0.6) is 0 Å². The van der Waals surface area contributed by atoms with Crippen LogP contribution in [-0.2, 0) is 22.6 Å². The van der Waals surface area contributed by atoms with Crippen LogP contribution < -0.4 is 10.2 Å². The van der Waals surface area contributed by atoms with Crippen molar-refractivity contribution in [3.8, 4) is 0 Å². The summed E-state index contributed by atoms with van der Waals surface area (Å²) in [6.45, 7) is 2.39. The largest absolute Gasteiger partial charge is 0.318 e. The Hall–Kier alpha value is -3.40. The molecule has 0 unspecified atom stereocenters. The Morgan fingerprint density at radius 3 is 1.96 bits per heavy atom. The van der Waals surface area contributed by atoms with Crippen LogP contribution in [0.15, 0.2) is 84.9 Å². The minimum absolute atomic E-state index is 0.325. The van der Waals surface area contributed by atoms with E-state index in [1.54, 1.807) is 0 Å². The highest BCUT2D eigenvalue weighted by atomic mass is 16.2. The normalized spacial score (nSPS) is 10.3. The van der Waals surface area contributed by atoms with Crippen LogP contribution in [0.2, 0.25) is 0 Å². The van der Waals surface area contributed by atoms with Gasteiger partial charge in [0.05, 0.1) is 6.54 Å². The van der Waals surface area contributed by atoms with Gasteiger partial charge in [0.2, 0.25) is 0 Å². The Balaban J connectivity index is 1.80. The van der Waals surface area contributed by atoms with Crippen molar-refractivity contribution in [2.75, 3.05) is 10.2 Å². The summed E-state index contributed by atoms with van der Waals surface area (Å²) >= 11 is 0. The number of anilines is 2. The van der Waals surface area contributed by atoms with Crippen LogP contribution in [0.4, 0.5) is 11.4 Å². The molecule has 1 N–H and O–H groups in total. The number of rotatable bonds is 5. The van der Waals surface area contributed by atoms with Crippen LogP contribution in [0, 0.1) is 0 Å². The highest BCUT2D eigenvalue weighted by molar-refractivity contribution is 6.44. The molecule has 0 saturated heterocycles. The average molecular weight is 358 g/mol. The third-order valence-electron chi connectivity index (χ3n) is 4.31. The van der Waals surface area contributed by atoms with Crippen molar-refractivity contribution in [1.29, 1.82) is 0 Å². The lowest BCUT2D eigenvalue weighted by Crippen LogP contribution is -2.39. The quantitative estimate of drug-likeness (QED) is 0.686. The van der Waals surface area contributed by atoms with Crippen LogP contribution in [-0.4, -0.2) is 11.8 Å². The Kier molecular flexibility index (Phi) is 6.00. The first-order valence-corrected chi connectivity index (χ1v) is 8.98. The Labute approximate surface area is 159 Å². The van der Waals surface area contributed by atoms with Crippen LogP contribution in [0.3, 0.4) is 0 Å². The van der Waals surface area contributed by atoms with Crippen LogP contribution in [0.1, 0.15) is 18.1 Å². The number of nitrogens with one attached hydrogen (secondary N) is 1. The lowest BCUT2D eigenvalue weighted by Gasteiger charge is -2.22. The molecule has 0 aromatic heterocycles. The zero-order valence-corrected chi connectivity index (χ0v) is 15.3. The molecule has 0 fully saturated rings. The van der Waals surface area contributed by atoms with Crippen molar-refractivity contribution in [3.05, 3.63) is 96.1 Å². The van der Waals surface area contributed by atoms with Gasteiger partial charge in [-0.25, -0.2) is 0 Å². The van der Waals surface area contributed by atoms with Crippen molar-refractivity contribution in [2.45, 2.75) is 19.9 Å². The molecule has 27 heavy (non-hydrogen) atoms. The van der Waals surface area contributed by atoms with Gasteiger partial charge in [-0.15, -0.1) is 0 Å². The van der Waals surface area contributed by atoms with Crippen molar-refractivity contribution in [1.82, 2.24) is 0 Å². The lowest BCUT2D eigenvalue weighted by atomic mass is 10.1. The number of hydrogen-bond donors (Lipinski definition) is 1. The molecule has 136 valence electrons. The molecule has 0 aliphatic heterocycles. The maximum Gasteiger partial charge on any atom is 0.316 e. The van der Waals surface area contributed by atoms with E-state index < -0.39 is 11.8 Å². The predicted octanol–water partition coefficient (Wildman–Crippen LogP) is 4.42. The number of nitrogens with zero attached hydrogens (tertiary/aromatic N) is 1. The van der Waals surface area contributed by atoms with Gasteiger partial charge in [0.15, 0.2) is 0 Å². The van der Waals surface area contributed by atoms with E-state index in [0.717, 1.165) is 12.0 Å². The molecule has 0 atom stereocenters. The Morgan fingerprint density at radius 1 is 0.778 bits per heavy atom. The van der Waals surface area contributed by atoms with E-state index in [1.807, 2.05) is 84.9 Å². The fraction of sp³-hybridized carbons (Fsp3) is 0.130. The topological polar surface area (TPSA) is 49.4 Å². The molecule has 0 saturated carbocycles. The molecular formula is C23H22N2O2. The summed E-state index contributed by atoms with van der Waals surface area (Å²) < 4.78 is 0. The Morgan fingerprint density at radius 2 is 1.37 bits per heavy atom. The molecule has 3 aromatic carbocycles. The van der Waals surface area contributed by atoms with Crippen LogP contribution in [0.25, 0.3) is 0 Å². The third kappa shape index (κ3) is 4.82. The highest BCUT2D eigenvalue weighted by Gasteiger charge is 2.23. The van der Waals surface area contributed by atoms with Gasteiger partial charge >= 0.3 is 11.8 Å². The molecule has 0 aliphatic rings. The van der Waals surface area contributed by atoms with Gasteiger partial charge in [-0.1, -0.05) is 67.6 Å². The minimum Gasteiger partial charge on any atom is -0.318 e. The van der Waals surface area contributed by atoms with Crippen molar-refractivity contribution in [2.24, 2.45) is 0 Å². The first-order valence-electron chi connectivity index (χ1n) is 8.98. The van der Waals surface area contributed by atoms with Gasteiger partial charge in [-0.05, 0) is 41.8 Å². The summed E-state index contributed by atoms with van der Waals surface area (Å²) in [4.78, 5) is 27.0. The summed E-state index contributed by atoms with van der Waals surface area (Å²) in [5.74, 6) is -1.25. The maximum absolute atomic E-state index is 12.9. The van der Waals surface area contributed by atoms with Gasteiger partial charge < -0.3 is 5.32 Å². The molecule has 0 spiro atoms. The zero-order valence-electron chi connectivity index (χ0n) is 15.3. The predicted molar refractivity (Wildman–Crippen MR) is 109 cm³/mol. The molecule has 4 heteroatoms. The number of carbonyl (C=O) groups excluding carboxylic acids is 2. The zero-order chi connectivity index (χ0) is 19.1. The SMILES string of the molecule is CCc1ccc(NC(=O)C(=O)N(Cc2ccccc2)c2ccccc2)cc1. The molecule has 0 heterocycles. The van der Waals surface area contributed by atoms with Gasteiger partial charge in [-0.2, -0.15) is 0 Å². The van der Waals surface area contributed by atoms with Gasteiger partial charge in [0.1, 0.15) is 0 Å². The lowest BCUT2D eigenvalue weighted by molar-refractivity contribution is -0.134. The molecule has 3 aromatic rings. The molecule has 0 radical (unpaired) electrons. The third-order valence-corrected chi connectivity index (χ3v) is 4.31. The number of para-hydroxylation sites is 1. The second-order valence-electron chi connectivity index (χ2n) is 6.22. The van der Waals surface area contributed by atoms with E-state index in [-0.39, 0.29) is 0 Å². The fourth-order valence-corrected chi connectivity index (χ4v) is 2.79. The molecule has 0 bridgehead atoms. The van der Waals surface area contributed by atoms with Crippen LogP contribution >= 0.6 is 0 Å². The van der Waals surface area contributed by atoms with E-state index in [9.17, 15) is 9.59 Å². The fourth-order valence-electron chi connectivity index (χ4n) is 2.79. The number of aryl methyl sites for hydroxylation is 1. The smallest absolute Gasteiger partial charge is 0.316 e. The van der Waals surface area contributed by atoms with E-state index in [1.165, 1.54) is 10.5 Å². The molecule has 2 amide bonds. The first-order chi connectivity index (χ1) is 13.2. The van der Waals surface area contributed by atoms with E-state index in [0.29, 0.717) is 17.9 Å². The van der Waals surface area contributed by atoms with Gasteiger partial charge in [-0.3, -0.25) is 14.5 Å². The highest BCUT2D eigenvalue weighted by Crippen LogP contribution is 2.18. The van der Waals surface area contributed by atoms with Gasteiger partial charge in [0.25, 0.3) is 0 Å². The standard InChI is InChI=1S/C23H22N2O2/c1-2-18-13-15-20(16-14-18)24-22(26)23(27)25(21-11-7-4-8-12-21)17-19-9-5-3-6-10-19/h3-16H,2,17H2,1H3,(H,24,26). The number of hydrogen-bond acceptors (Lipinski definition) is 2. The van der Waals surface area contributed by atoms with Crippen molar-refractivity contribution < 1.29 is 9.59 Å². The second-order valence-corrected chi connectivity index (χ2v) is 6.22. The van der Waals surface area contributed by atoms with E-state index in [4.69, 9.17) is 0 Å². The summed E-state index contributed by atoms with van der Waals surface area (Å²) in [7, 11) is 0. The Bertz CT molecular complexity index is 891. The van der Waals surface area contributed by atoms with E-state index >= 15 is 0 Å². The summed E-state index contributed by atoms with van der Waals surface area (Å²) in [6.07, 6.45) is 0.923. The first kappa shape index (κ1) is 18.4. The molecule has 4 nitrogen and oxygen atoms in total. The second kappa shape index (κ2) is 8.81. The minimum atomic E-state index is -0.654.